The van der Waals surface area contributed by atoms with Crippen molar-refractivity contribution in [1.29, 1.82) is 0 Å². The van der Waals surface area contributed by atoms with Gasteiger partial charge in [-0.3, -0.25) is 9.59 Å². The SMILES string of the molecule is O=c1[nH]c2ccccc2cc1N=Nc1c(-c2ccccc2)c2ccccc2[nH]c1=O. The molecule has 30 heavy (non-hydrogen) atoms. The minimum Gasteiger partial charge on any atom is -0.320 e. The number of rotatable bonds is 3. The Morgan fingerprint density at radius 2 is 1.30 bits per heavy atom. The van der Waals surface area contributed by atoms with Gasteiger partial charge in [-0.05, 0) is 23.8 Å². The zero-order chi connectivity index (χ0) is 20.5. The highest BCUT2D eigenvalue weighted by atomic mass is 16.1. The molecule has 2 heterocycles. The lowest BCUT2D eigenvalue weighted by Crippen LogP contribution is -2.07. The summed E-state index contributed by atoms with van der Waals surface area (Å²) >= 11 is 0. The number of hydrogen-bond donors (Lipinski definition) is 2. The van der Waals surface area contributed by atoms with E-state index in [4.69, 9.17) is 0 Å². The van der Waals surface area contributed by atoms with Crippen LogP contribution in [0.2, 0.25) is 0 Å². The third-order valence-electron chi connectivity index (χ3n) is 4.95. The van der Waals surface area contributed by atoms with Crippen LogP contribution in [-0.2, 0) is 0 Å². The van der Waals surface area contributed by atoms with Crippen molar-refractivity contribution in [2.24, 2.45) is 10.2 Å². The van der Waals surface area contributed by atoms with Gasteiger partial charge < -0.3 is 9.97 Å². The quantitative estimate of drug-likeness (QED) is 0.400. The van der Waals surface area contributed by atoms with E-state index in [0.29, 0.717) is 11.1 Å². The predicted molar refractivity (Wildman–Crippen MR) is 119 cm³/mol. The van der Waals surface area contributed by atoms with Crippen molar-refractivity contribution in [3.8, 4) is 11.1 Å². The van der Waals surface area contributed by atoms with Crippen molar-refractivity contribution in [3.63, 3.8) is 0 Å². The molecule has 0 atom stereocenters. The van der Waals surface area contributed by atoms with E-state index in [2.05, 4.69) is 20.2 Å². The van der Waals surface area contributed by atoms with Crippen LogP contribution < -0.4 is 11.1 Å². The van der Waals surface area contributed by atoms with Crippen molar-refractivity contribution < 1.29 is 0 Å². The lowest BCUT2D eigenvalue weighted by atomic mass is 10.00. The Labute approximate surface area is 170 Å². The molecule has 0 aliphatic rings. The second-order valence-electron chi connectivity index (χ2n) is 6.86. The molecule has 0 radical (unpaired) electrons. The summed E-state index contributed by atoms with van der Waals surface area (Å²) < 4.78 is 0. The fraction of sp³-hybridized carbons (Fsp3) is 0. The van der Waals surface area contributed by atoms with E-state index < -0.39 is 0 Å². The maximum atomic E-state index is 12.9. The molecule has 0 aliphatic heterocycles. The number of nitrogens with zero attached hydrogens (tertiary/aromatic N) is 2. The second kappa shape index (κ2) is 7.25. The number of hydrogen-bond acceptors (Lipinski definition) is 4. The van der Waals surface area contributed by atoms with Crippen molar-refractivity contribution in [2.45, 2.75) is 0 Å². The number of aromatic nitrogens is 2. The van der Waals surface area contributed by atoms with E-state index in [1.807, 2.05) is 78.9 Å². The fourth-order valence-corrected chi connectivity index (χ4v) is 3.54. The largest absolute Gasteiger partial charge is 0.320 e. The summed E-state index contributed by atoms with van der Waals surface area (Å²) in [4.78, 5) is 30.9. The molecule has 0 unspecified atom stereocenters. The average molecular weight is 392 g/mol. The summed E-state index contributed by atoms with van der Waals surface area (Å²) in [5.74, 6) is 0. The Bertz CT molecular complexity index is 1530. The fourth-order valence-electron chi connectivity index (χ4n) is 3.54. The van der Waals surface area contributed by atoms with Crippen LogP contribution in [0.15, 0.2) is 105 Å². The van der Waals surface area contributed by atoms with Gasteiger partial charge in [0.1, 0.15) is 0 Å². The van der Waals surface area contributed by atoms with Crippen LogP contribution in [0, 0.1) is 0 Å². The number of aromatic amines is 2. The number of pyridine rings is 2. The molecule has 5 aromatic rings. The average Bonchev–Trinajstić information content (AvgIpc) is 2.78. The molecule has 144 valence electrons. The third-order valence-corrected chi connectivity index (χ3v) is 4.95. The number of fused-ring (bicyclic) bond motifs is 2. The predicted octanol–water partition coefficient (Wildman–Crippen LogP) is 5.45. The molecule has 0 bridgehead atoms. The lowest BCUT2D eigenvalue weighted by Gasteiger charge is -2.09. The topological polar surface area (TPSA) is 90.4 Å². The van der Waals surface area contributed by atoms with E-state index in [1.165, 1.54) is 0 Å². The summed E-state index contributed by atoms with van der Waals surface area (Å²) in [5.41, 5.74) is 2.52. The molecule has 2 N–H and O–H groups in total. The Kier molecular flexibility index (Phi) is 4.29. The molecule has 3 aromatic carbocycles. The molecule has 5 rings (SSSR count). The summed E-state index contributed by atoms with van der Waals surface area (Å²) in [6.45, 7) is 0. The van der Waals surface area contributed by atoms with Crippen molar-refractivity contribution in [3.05, 3.63) is 106 Å². The van der Waals surface area contributed by atoms with Crippen molar-refractivity contribution in [1.82, 2.24) is 9.97 Å². The molecular weight excluding hydrogens is 376 g/mol. The Morgan fingerprint density at radius 1 is 0.633 bits per heavy atom. The Balaban J connectivity index is 1.74. The van der Waals surface area contributed by atoms with E-state index in [9.17, 15) is 9.59 Å². The van der Waals surface area contributed by atoms with Crippen LogP contribution in [0.4, 0.5) is 11.4 Å². The van der Waals surface area contributed by atoms with Gasteiger partial charge in [-0.1, -0.05) is 66.7 Å². The molecule has 0 saturated carbocycles. The van der Waals surface area contributed by atoms with Gasteiger partial charge in [-0.25, -0.2) is 0 Å². The number of para-hydroxylation sites is 2. The Morgan fingerprint density at radius 3 is 2.13 bits per heavy atom. The van der Waals surface area contributed by atoms with E-state index in [1.54, 1.807) is 6.07 Å². The first-order chi connectivity index (χ1) is 14.7. The first kappa shape index (κ1) is 17.8. The van der Waals surface area contributed by atoms with Gasteiger partial charge >= 0.3 is 0 Å². The number of H-pyrrole nitrogens is 2. The highest BCUT2D eigenvalue weighted by molar-refractivity contribution is 5.99. The second-order valence-corrected chi connectivity index (χ2v) is 6.86. The smallest absolute Gasteiger partial charge is 0.276 e. The minimum absolute atomic E-state index is 0.139. The van der Waals surface area contributed by atoms with Gasteiger partial charge in [-0.15, -0.1) is 10.2 Å². The molecular formula is C24H16N4O2. The first-order valence-electron chi connectivity index (χ1n) is 9.45. The summed E-state index contributed by atoms with van der Waals surface area (Å²) in [5, 5.41) is 10.1. The Hall–Kier alpha value is -4.32. The normalized spacial score (nSPS) is 11.5. The molecule has 0 saturated heterocycles. The molecule has 0 fully saturated rings. The van der Waals surface area contributed by atoms with Crippen LogP contribution in [0.1, 0.15) is 0 Å². The van der Waals surface area contributed by atoms with Crippen LogP contribution in [0.25, 0.3) is 32.9 Å². The van der Waals surface area contributed by atoms with E-state index in [0.717, 1.165) is 21.9 Å². The van der Waals surface area contributed by atoms with Gasteiger partial charge in [0.2, 0.25) is 0 Å². The maximum absolute atomic E-state index is 12.9. The minimum atomic E-state index is -0.367. The van der Waals surface area contributed by atoms with Gasteiger partial charge in [-0.2, -0.15) is 0 Å². The van der Waals surface area contributed by atoms with E-state index in [-0.39, 0.29) is 22.5 Å². The standard InChI is InChI=1S/C24H16N4O2/c29-23-20(14-16-10-4-6-12-18(16)25-23)27-28-22-21(15-8-2-1-3-9-15)17-11-5-7-13-19(17)26-24(22)30/h1-14H,(H,25,29)(H,26,30). The first-order valence-corrected chi connectivity index (χ1v) is 9.45. The molecule has 6 heteroatoms. The van der Waals surface area contributed by atoms with Gasteiger partial charge in [0, 0.05) is 27.4 Å². The van der Waals surface area contributed by atoms with Gasteiger partial charge in [0.05, 0.1) is 0 Å². The third kappa shape index (κ3) is 3.10. The number of azo groups is 1. The molecule has 2 aromatic heterocycles. The van der Waals surface area contributed by atoms with Crippen LogP contribution >= 0.6 is 0 Å². The highest BCUT2D eigenvalue weighted by Gasteiger charge is 2.14. The summed E-state index contributed by atoms with van der Waals surface area (Å²) in [6, 6.07) is 26.2. The van der Waals surface area contributed by atoms with Crippen LogP contribution in [0.3, 0.4) is 0 Å². The molecule has 0 spiro atoms. The number of benzene rings is 3. The lowest BCUT2D eigenvalue weighted by molar-refractivity contribution is 1.15. The highest BCUT2D eigenvalue weighted by Crippen LogP contribution is 2.34. The molecule has 0 aliphatic carbocycles. The number of nitrogens with one attached hydrogen (secondary N) is 2. The van der Waals surface area contributed by atoms with Crippen molar-refractivity contribution >= 4 is 33.2 Å². The molecule has 0 amide bonds. The monoisotopic (exact) mass is 392 g/mol. The van der Waals surface area contributed by atoms with Crippen molar-refractivity contribution in [2.75, 3.05) is 0 Å². The summed E-state index contributed by atoms with van der Waals surface area (Å²) in [6.07, 6.45) is 0. The van der Waals surface area contributed by atoms with Crippen LogP contribution in [-0.4, -0.2) is 9.97 Å². The van der Waals surface area contributed by atoms with Gasteiger partial charge in [0.25, 0.3) is 11.1 Å². The molecule has 6 nitrogen and oxygen atoms in total. The zero-order valence-corrected chi connectivity index (χ0v) is 15.8. The van der Waals surface area contributed by atoms with Crippen LogP contribution in [0.5, 0.6) is 0 Å². The zero-order valence-electron chi connectivity index (χ0n) is 15.8. The maximum Gasteiger partial charge on any atom is 0.276 e. The summed E-state index contributed by atoms with van der Waals surface area (Å²) in [7, 11) is 0. The van der Waals surface area contributed by atoms with E-state index >= 15 is 0 Å². The van der Waals surface area contributed by atoms with Gasteiger partial charge in [0.15, 0.2) is 11.4 Å².